The first-order valence-electron chi connectivity index (χ1n) is 13.4. The Morgan fingerprint density at radius 2 is 1.41 bits per heavy atom. The van der Waals surface area contributed by atoms with Crippen LogP contribution >= 0.6 is 8.24 Å². The van der Waals surface area contributed by atoms with Gasteiger partial charge in [-0.05, 0) is 105 Å². The molecule has 2 aliphatic rings. The predicted octanol–water partition coefficient (Wildman–Crippen LogP) is 7.69. The lowest BCUT2D eigenvalue weighted by atomic mass is 9.84. The molecule has 0 aliphatic heterocycles. The number of rotatable bonds is 5. The number of para-hydroxylation sites is 1. The number of hydrogen-bond donors (Lipinski definition) is 2. The van der Waals surface area contributed by atoms with E-state index in [2.05, 4.69) is 34.9 Å². The molecule has 0 unspecified atom stereocenters. The largest absolute Gasteiger partial charge is 0.399 e. The lowest BCUT2D eigenvalue weighted by Gasteiger charge is -2.20. The van der Waals surface area contributed by atoms with Crippen LogP contribution in [0.3, 0.4) is 0 Å². The Morgan fingerprint density at radius 1 is 0.838 bits per heavy atom. The maximum absolute atomic E-state index is 12.4. The molecule has 2 amide bonds. The highest BCUT2D eigenvalue weighted by Gasteiger charge is 2.21. The minimum absolute atomic E-state index is 0.229. The van der Waals surface area contributed by atoms with Crippen molar-refractivity contribution in [3.05, 3.63) is 76.9 Å². The maximum atomic E-state index is 12.4. The normalized spacial score (nSPS) is 15.6. The van der Waals surface area contributed by atoms with Crippen molar-refractivity contribution >= 4 is 41.9 Å². The van der Waals surface area contributed by atoms with Crippen molar-refractivity contribution in [3.8, 4) is 0 Å². The molecular formula is C30H33N2O4P. The zero-order valence-electron chi connectivity index (χ0n) is 21.2. The number of aryl methyl sites for hydroxylation is 4. The molecule has 0 radical (unpaired) electrons. The van der Waals surface area contributed by atoms with E-state index in [9.17, 15) is 4.79 Å². The summed E-state index contributed by atoms with van der Waals surface area (Å²) >= 11 is 0. The van der Waals surface area contributed by atoms with Crippen molar-refractivity contribution in [1.29, 1.82) is 0 Å². The second kappa shape index (κ2) is 10.6. The number of amides is 2. The molecule has 192 valence electrons. The van der Waals surface area contributed by atoms with E-state index in [0.717, 1.165) is 42.5 Å². The van der Waals surface area contributed by atoms with Crippen molar-refractivity contribution in [2.75, 3.05) is 11.9 Å². The number of carbonyl (C=O) groups is 1. The molecule has 2 aliphatic carbocycles. The molecule has 2 N–H and O–H groups in total. The van der Waals surface area contributed by atoms with E-state index >= 15 is 0 Å². The third-order valence-corrected chi connectivity index (χ3v) is 8.48. The number of fused-ring (bicyclic) bond motifs is 7. The molecule has 1 aromatic heterocycles. The Labute approximate surface area is 218 Å². The average molecular weight is 517 g/mol. The summed E-state index contributed by atoms with van der Waals surface area (Å²) in [4.78, 5) is 12.4. The van der Waals surface area contributed by atoms with Gasteiger partial charge in [-0.2, -0.15) is 0 Å². The highest BCUT2D eigenvalue weighted by Crippen LogP contribution is 2.41. The Kier molecular flexibility index (Phi) is 6.95. The smallest absolute Gasteiger partial charge is 0.387 e. The Bertz CT molecular complexity index is 1400. The van der Waals surface area contributed by atoms with Crippen molar-refractivity contribution in [3.63, 3.8) is 0 Å². The monoisotopic (exact) mass is 516 g/mol. The standard InChI is InChI=1S/C30H33N2O4P/c1-20(31-30(33)32-23-11-3-2-4-12-23)19-34-37-35-26-17-15-21-9-5-7-13-24(21)28(26)29-25-14-8-6-10-22(25)16-18-27(29)36-37/h2-4,11-12,15-18,20H,5-10,13-14,19H2,1H3,(H2,31,32,33)/t20-/m1/s1. The van der Waals surface area contributed by atoms with E-state index in [4.69, 9.17) is 12.9 Å². The first kappa shape index (κ1) is 24.1. The van der Waals surface area contributed by atoms with E-state index in [1.165, 1.54) is 58.7 Å². The van der Waals surface area contributed by atoms with Gasteiger partial charge in [-0.25, -0.2) is 4.79 Å². The van der Waals surface area contributed by atoms with Gasteiger partial charge in [0.05, 0.1) is 12.6 Å². The first-order valence-corrected chi connectivity index (χ1v) is 14.5. The Morgan fingerprint density at radius 3 is 2.00 bits per heavy atom. The van der Waals surface area contributed by atoms with Crippen LogP contribution in [0.2, 0.25) is 0 Å². The predicted molar refractivity (Wildman–Crippen MR) is 149 cm³/mol. The van der Waals surface area contributed by atoms with Gasteiger partial charge in [-0.3, -0.25) is 4.52 Å². The van der Waals surface area contributed by atoms with Gasteiger partial charge >= 0.3 is 14.3 Å². The minimum atomic E-state index is -1.68. The van der Waals surface area contributed by atoms with Gasteiger partial charge in [0.15, 0.2) is 0 Å². The van der Waals surface area contributed by atoms with Gasteiger partial charge in [0.25, 0.3) is 0 Å². The van der Waals surface area contributed by atoms with E-state index in [-0.39, 0.29) is 18.7 Å². The van der Waals surface area contributed by atoms with Gasteiger partial charge in [0.1, 0.15) is 11.2 Å². The molecule has 6 nitrogen and oxygen atoms in total. The molecule has 0 spiro atoms. The topological polar surface area (TPSA) is 76.6 Å². The molecule has 3 aromatic carbocycles. The van der Waals surface area contributed by atoms with Crippen LogP contribution in [0.1, 0.15) is 54.9 Å². The second-order valence-corrected chi connectivity index (χ2v) is 11.2. The fourth-order valence-corrected chi connectivity index (χ4v) is 6.79. The van der Waals surface area contributed by atoms with Gasteiger partial charge in [-0.15, -0.1) is 0 Å². The fraction of sp³-hybridized carbons (Fsp3) is 0.367. The Hall–Kier alpha value is -3.21. The summed E-state index contributed by atoms with van der Waals surface area (Å²) in [6.07, 6.45) is 9.26. The first-order chi connectivity index (χ1) is 18.2. The lowest BCUT2D eigenvalue weighted by Crippen LogP contribution is -2.39. The van der Waals surface area contributed by atoms with E-state index in [0.29, 0.717) is 0 Å². The molecule has 1 heterocycles. The molecular weight excluding hydrogens is 483 g/mol. The molecule has 0 bridgehead atoms. The average Bonchev–Trinajstić information content (AvgIpc) is 3.09. The van der Waals surface area contributed by atoms with Crippen LogP contribution in [0.15, 0.2) is 63.0 Å². The highest BCUT2D eigenvalue weighted by atomic mass is 31.1. The SMILES string of the molecule is C[C@H](COp1oc2ccc3c(c2c2c4c(ccc2o1)CCCC4)CCCC3)NC(=O)Nc1ccccc1. The van der Waals surface area contributed by atoms with Crippen LogP contribution in [0.5, 0.6) is 0 Å². The van der Waals surface area contributed by atoms with Crippen LogP contribution in [0, 0.1) is 0 Å². The number of carbonyl (C=O) groups excluding carboxylic acids is 1. The molecule has 0 saturated carbocycles. The minimum Gasteiger partial charge on any atom is -0.399 e. The number of hydrogen-bond acceptors (Lipinski definition) is 4. The summed E-state index contributed by atoms with van der Waals surface area (Å²) < 4.78 is 19.0. The van der Waals surface area contributed by atoms with Crippen LogP contribution in [0.4, 0.5) is 10.5 Å². The van der Waals surface area contributed by atoms with Crippen molar-refractivity contribution in [2.45, 2.75) is 64.3 Å². The van der Waals surface area contributed by atoms with Crippen molar-refractivity contribution in [2.24, 2.45) is 0 Å². The third-order valence-electron chi connectivity index (χ3n) is 7.42. The van der Waals surface area contributed by atoms with Crippen molar-refractivity contribution < 1.29 is 17.7 Å². The second-order valence-electron chi connectivity index (χ2n) is 10.1. The summed E-state index contributed by atoms with van der Waals surface area (Å²) in [7, 11) is -1.68. The zero-order chi connectivity index (χ0) is 25.2. The molecule has 37 heavy (non-hydrogen) atoms. The zero-order valence-corrected chi connectivity index (χ0v) is 22.1. The quantitative estimate of drug-likeness (QED) is 0.285. The molecule has 0 fully saturated rings. The third kappa shape index (κ3) is 5.14. The highest BCUT2D eigenvalue weighted by molar-refractivity contribution is 7.31. The lowest BCUT2D eigenvalue weighted by molar-refractivity contribution is 0.243. The van der Waals surface area contributed by atoms with Gasteiger partial charge in [0, 0.05) is 16.5 Å². The van der Waals surface area contributed by atoms with Gasteiger partial charge < -0.3 is 19.0 Å². The molecule has 7 heteroatoms. The summed E-state index contributed by atoms with van der Waals surface area (Å²) in [5, 5.41) is 8.20. The van der Waals surface area contributed by atoms with Crippen molar-refractivity contribution in [1.82, 2.24) is 5.32 Å². The molecule has 4 aromatic rings. The summed E-state index contributed by atoms with van der Waals surface area (Å²) in [5.74, 6) is 0. The van der Waals surface area contributed by atoms with E-state index in [1.54, 1.807) is 0 Å². The molecule has 1 atom stereocenters. The fourth-order valence-electron chi connectivity index (χ4n) is 5.67. The van der Waals surface area contributed by atoms with Crippen LogP contribution in [0.25, 0.3) is 21.9 Å². The van der Waals surface area contributed by atoms with Gasteiger partial charge in [-0.1, -0.05) is 30.3 Å². The Balaban J connectivity index is 1.33. The number of urea groups is 1. The summed E-state index contributed by atoms with van der Waals surface area (Å²) in [6, 6.07) is 17.5. The summed E-state index contributed by atoms with van der Waals surface area (Å²) in [6.45, 7) is 2.18. The summed E-state index contributed by atoms with van der Waals surface area (Å²) in [5.41, 5.74) is 8.14. The van der Waals surface area contributed by atoms with Gasteiger partial charge in [0.2, 0.25) is 0 Å². The van der Waals surface area contributed by atoms with E-state index in [1.807, 2.05) is 37.3 Å². The molecule has 0 saturated heterocycles. The van der Waals surface area contributed by atoms with Crippen LogP contribution in [-0.4, -0.2) is 18.7 Å². The number of benzene rings is 3. The molecule has 6 rings (SSSR count). The van der Waals surface area contributed by atoms with E-state index < -0.39 is 8.24 Å². The van der Waals surface area contributed by atoms with Crippen LogP contribution in [-0.2, 0) is 25.7 Å². The number of nitrogens with one attached hydrogen (secondary N) is 2. The maximum Gasteiger partial charge on any atom is 0.387 e. The number of anilines is 1. The van der Waals surface area contributed by atoms with Crippen LogP contribution < -0.4 is 15.2 Å².